The lowest BCUT2D eigenvalue weighted by Gasteiger charge is -2.34. The van der Waals surface area contributed by atoms with Crippen LogP contribution in [-0.2, 0) is 0 Å². The summed E-state index contributed by atoms with van der Waals surface area (Å²) in [4.78, 5) is 20.9. The second-order valence-corrected chi connectivity index (χ2v) is 6.60. The molecule has 23 heavy (non-hydrogen) atoms. The number of benzene rings is 1. The molecule has 1 aromatic heterocycles. The van der Waals surface area contributed by atoms with Gasteiger partial charge in [0.1, 0.15) is 0 Å². The molecule has 0 unspecified atom stereocenters. The van der Waals surface area contributed by atoms with Gasteiger partial charge in [-0.05, 0) is 53.3 Å². The average molecular weight is 375 g/mol. The number of piperazine rings is 1. The molecule has 1 N–H and O–H groups in total. The Morgan fingerprint density at radius 3 is 2.48 bits per heavy atom. The van der Waals surface area contributed by atoms with Crippen molar-refractivity contribution in [3.63, 3.8) is 0 Å². The third-order valence-electron chi connectivity index (χ3n) is 3.96. The molecule has 2 aromatic rings. The van der Waals surface area contributed by atoms with Crippen LogP contribution in [0, 0.1) is 0 Å². The van der Waals surface area contributed by atoms with Crippen LogP contribution in [0.5, 0.6) is 0 Å². The summed E-state index contributed by atoms with van der Waals surface area (Å²) < 4.78 is 0.788. The summed E-state index contributed by atoms with van der Waals surface area (Å²) >= 11 is 3.32. The molecular weight excluding hydrogens is 356 g/mol. The van der Waals surface area contributed by atoms with E-state index in [2.05, 4.69) is 55.2 Å². The predicted octanol–water partition coefficient (Wildman–Crippen LogP) is 2.85. The van der Waals surface area contributed by atoms with E-state index in [1.165, 1.54) is 5.69 Å². The van der Waals surface area contributed by atoms with Crippen molar-refractivity contribution in [1.29, 1.82) is 0 Å². The van der Waals surface area contributed by atoms with Crippen LogP contribution in [0.3, 0.4) is 0 Å². The van der Waals surface area contributed by atoms with Gasteiger partial charge in [-0.2, -0.15) is 0 Å². The van der Waals surface area contributed by atoms with Crippen molar-refractivity contribution in [3.8, 4) is 0 Å². The van der Waals surface area contributed by atoms with Crippen molar-refractivity contribution in [2.24, 2.45) is 0 Å². The van der Waals surface area contributed by atoms with Crippen LogP contribution in [0.25, 0.3) is 0 Å². The van der Waals surface area contributed by atoms with Gasteiger partial charge in [0.15, 0.2) is 0 Å². The minimum atomic E-state index is -0.161. The first-order chi connectivity index (χ1) is 11.1. The predicted molar refractivity (Wildman–Crippen MR) is 96.0 cm³/mol. The molecule has 0 radical (unpaired) electrons. The zero-order valence-corrected chi connectivity index (χ0v) is 14.6. The summed E-state index contributed by atoms with van der Waals surface area (Å²) in [6.45, 7) is 4.22. The molecule has 6 heteroatoms. The first-order valence-corrected chi connectivity index (χ1v) is 8.36. The minimum Gasteiger partial charge on any atom is -0.369 e. The fourth-order valence-corrected chi connectivity index (χ4v) is 2.92. The average Bonchev–Trinajstić information content (AvgIpc) is 2.56. The maximum absolute atomic E-state index is 12.2. The molecule has 0 atom stereocenters. The largest absolute Gasteiger partial charge is 0.369 e. The number of aromatic nitrogens is 1. The Bertz CT molecular complexity index is 681. The summed E-state index contributed by atoms with van der Waals surface area (Å²) in [5.41, 5.74) is 2.51. The normalized spacial score (nSPS) is 15.5. The molecule has 1 aliphatic heterocycles. The van der Waals surface area contributed by atoms with E-state index in [-0.39, 0.29) is 5.91 Å². The zero-order valence-electron chi connectivity index (χ0n) is 13.0. The number of nitrogens with zero attached hydrogens (tertiary/aromatic N) is 3. The van der Waals surface area contributed by atoms with E-state index < -0.39 is 0 Å². The number of carbonyl (C=O) groups is 1. The molecular formula is C17H19BrN4O. The fourth-order valence-electron chi connectivity index (χ4n) is 2.56. The van der Waals surface area contributed by atoms with Crippen molar-refractivity contribution in [1.82, 2.24) is 9.88 Å². The second kappa shape index (κ2) is 7.10. The first kappa shape index (κ1) is 16.0. The van der Waals surface area contributed by atoms with Gasteiger partial charge in [0, 0.05) is 54.4 Å². The molecule has 0 bridgehead atoms. The monoisotopic (exact) mass is 374 g/mol. The summed E-state index contributed by atoms with van der Waals surface area (Å²) in [6.07, 6.45) is 3.21. The number of rotatable bonds is 3. The van der Waals surface area contributed by atoms with Gasteiger partial charge >= 0.3 is 0 Å². The number of pyridine rings is 1. The topological polar surface area (TPSA) is 48.5 Å². The molecule has 120 valence electrons. The lowest BCUT2D eigenvalue weighted by molar-refractivity contribution is 0.102. The Morgan fingerprint density at radius 1 is 1.13 bits per heavy atom. The summed E-state index contributed by atoms with van der Waals surface area (Å²) in [7, 11) is 2.15. The van der Waals surface area contributed by atoms with E-state index in [0.29, 0.717) is 5.56 Å². The van der Waals surface area contributed by atoms with Gasteiger partial charge in [0.05, 0.1) is 5.56 Å². The fraction of sp³-hybridized carbons (Fsp3) is 0.294. The number of anilines is 2. The van der Waals surface area contributed by atoms with Crippen LogP contribution in [0.4, 0.5) is 11.4 Å². The van der Waals surface area contributed by atoms with E-state index in [1.54, 1.807) is 18.5 Å². The van der Waals surface area contributed by atoms with Crippen molar-refractivity contribution in [2.45, 2.75) is 0 Å². The highest BCUT2D eigenvalue weighted by atomic mass is 79.9. The summed E-state index contributed by atoms with van der Waals surface area (Å²) in [5, 5.41) is 2.90. The molecule has 1 amide bonds. The molecule has 0 aliphatic carbocycles. The maximum Gasteiger partial charge on any atom is 0.257 e. The molecule has 1 aliphatic rings. The van der Waals surface area contributed by atoms with E-state index in [1.807, 2.05) is 12.1 Å². The Morgan fingerprint density at radius 2 is 1.83 bits per heavy atom. The Hall–Kier alpha value is -1.92. The summed E-state index contributed by atoms with van der Waals surface area (Å²) in [6, 6.07) is 9.75. The highest BCUT2D eigenvalue weighted by molar-refractivity contribution is 9.10. The number of amides is 1. The smallest absolute Gasteiger partial charge is 0.257 e. The molecule has 1 aromatic carbocycles. The highest BCUT2D eigenvalue weighted by Crippen LogP contribution is 2.20. The quantitative estimate of drug-likeness (QED) is 0.897. The van der Waals surface area contributed by atoms with Crippen LogP contribution >= 0.6 is 15.9 Å². The Balaban J connectivity index is 1.64. The van der Waals surface area contributed by atoms with Gasteiger partial charge in [0.25, 0.3) is 5.91 Å². The molecule has 1 saturated heterocycles. The van der Waals surface area contributed by atoms with Gasteiger partial charge in [0.2, 0.25) is 0 Å². The van der Waals surface area contributed by atoms with Crippen LogP contribution in [-0.4, -0.2) is 49.0 Å². The SMILES string of the molecule is CN1CCN(c2ccc(NC(=O)c3cncc(Br)c3)cc2)CC1. The summed E-state index contributed by atoms with van der Waals surface area (Å²) in [5.74, 6) is -0.161. The maximum atomic E-state index is 12.2. The van der Waals surface area contributed by atoms with Gasteiger partial charge in [-0.15, -0.1) is 0 Å². The molecule has 2 heterocycles. The van der Waals surface area contributed by atoms with Crippen LogP contribution in [0.15, 0.2) is 47.2 Å². The lowest BCUT2D eigenvalue weighted by Crippen LogP contribution is -2.44. The number of halogens is 1. The van der Waals surface area contributed by atoms with Crippen molar-refractivity contribution < 1.29 is 4.79 Å². The lowest BCUT2D eigenvalue weighted by atomic mass is 10.2. The van der Waals surface area contributed by atoms with Gasteiger partial charge in [-0.1, -0.05) is 0 Å². The zero-order chi connectivity index (χ0) is 16.2. The van der Waals surface area contributed by atoms with E-state index in [9.17, 15) is 4.79 Å². The van der Waals surface area contributed by atoms with Crippen LogP contribution in [0.1, 0.15) is 10.4 Å². The third kappa shape index (κ3) is 4.09. The molecule has 0 saturated carbocycles. The van der Waals surface area contributed by atoms with Gasteiger partial charge in [-0.3, -0.25) is 9.78 Å². The van der Waals surface area contributed by atoms with E-state index in [0.717, 1.165) is 36.3 Å². The Kier molecular flexibility index (Phi) is 4.93. The van der Waals surface area contributed by atoms with Gasteiger partial charge < -0.3 is 15.1 Å². The molecule has 1 fully saturated rings. The number of likely N-dealkylation sites (N-methyl/N-ethyl adjacent to an activating group) is 1. The van der Waals surface area contributed by atoms with E-state index >= 15 is 0 Å². The van der Waals surface area contributed by atoms with Crippen LogP contribution in [0.2, 0.25) is 0 Å². The van der Waals surface area contributed by atoms with Crippen molar-refractivity contribution >= 4 is 33.2 Å². The number of hydrogen-bond acceptors (Lipinski definition) is 4. The van der Waals surface area contributed by atoms with Crippen molar-refractivity contribution in [2.75, 3.05) is 43.4 Å². The highest BCUT2D eigenvalue weighted by Gasteiger charge is 2.14. The second-order valence-electron chi connectivity index (χ2n) is 5.68. The minimum absolute atomic E-state index is 0.161. The third-order valence-corrected chi connectivity index (χ3v) is 4.39. The van der Waals surface area contributed by atoms with Gasteiger partial charge in [-0.25, -0.2) is 0 Å². The van der Waals surface area contributed by atoms with Crippen LogP contribution < -0.4 is 10.2 Å². The number of carbonyl (C=O) groups excluding carboxylic acids is 1. The standard InChI is InChI=1S/C17H19BrN4O/c1-21-6-8-22(9-7-21)16-4-2-15(3-5-16)20-17(23)13-10-14(18)12-19-11-13/h2-5,10-12H,6-9H2,1H3,(H,20,23). The number of nitrogens with one attached hydrogen (secondary N) is 1. The molecule has 5 nitrogen and oxygen atoms in total. The number of hydrogen-bond donors (Lipinski definition) is 1. The first-order valence-electron chi connectivity index (χ1n) is 7.57. The Labute approximate surface area is 144 Å². The molecule has 3 rings (SSSR count). The van der Waals surface area contributed by atoms with E-state index in [4.69, 9.17) is 0 Å². The van der Waals surface area contributed by atoms with Crippen molar-refractivity contribution in [3.05, 3.63) is 52.8 Å². The molecule has 0 spiro atoms.